The second-order valence-electron chi connectivity index (χ2n) is 7.52. The third kappa shape index (κ3) is 4.96. The van der Waals surface area contributed by atoms with Crippen LogP contribution in [-0.4, -0.2) is 27.7 Å². The van der Waals surface area contributed by atoms with Gasteiger partial charge in [0.2, 0.25) is 11.7 Å². The fourth-order valence-corrected chi connectivity index (χ4v) is 3.37. The monoisotopic (exact) mass is 464 g/mol. The minimum atomic E-state index is -0.403. The molecule has 0 saturated heterocycles. The lowest BCUT2D eigenvalue weighted by Crippen LogP contribution is -2.27. The van der Waals surface area contributed by atoms with E-state index in [2.05, 4.69) is 15.5 Å². The Morgan fingerprint density at radius 3 is 2.58 bits per heavy atom. The standard InChI is InChI=1S/C24H21ClN4O4/c1-14-4-6-16(7-5-14)23-27-24(33-28-23)17-8-9-22(31)29(12-17)13-21(30)26-19-10-15(2)18(25)11-20(19)32-3/h4-12H,13H2,1-3H3,(H,26,30). The van der Waals surface area contributed by atoms with E-state index in [4.69, 9.17) is 20.9 Å². The zero-order valence-electron chi connectivity index (χ0n) is 18.3. The molecule has 1 amide bonds. The summed E-state index contributed by atoms with van der Waals surface area (Å²) in [4.78, 5) is 29.4. The normalized spacial score (nSPS) is 10.8. The molecule has 0 radical (unpaired) electrons. The van der Waals surface area contributed by atoms with Crippen molar-refractivity contribution in [1.82, 2.24) is 14.7 Å². The van der Waals surface area contributed by atoms with Gasteiger partial charge in [0.25, 0.3) is 11.4 Å². The molecule has 2 aromatic heterocycles. The fraction of sp³-hybridized carbons (Fsp3) is 0.167. The van der Waals surface area contributed by atoms with E-state index in [-0.39, 0.29) is 18.0 Å². The van der Waals surface area contributed by atoms with Crippen molar-refractivity contribution in [3.8, 4) is 28.6 Å². The number of hydrogen-bond donors (Lipinski definition) is 1. The van der Waals surface area contributed by atoms with Crippen molar-refractivity contribution in [3.05, 3.63) is 81.2 Å². The number of carbonyl (C=O) groups is 1. The summed E-state index contributed by atoms with van der Waals surface area (Å²) in [5.74, 6) is 0.704. The lowest BCUT2D eigenvalue weighted by molar-refractivity contribution is -0.116. The molecule has 0 spiro atoms. The van der Waals surface area contributed by atoms with Crippen LogP contribution in [0.5, 0.6) is 5.75 Å². The quantitative estimate of drug-likeness (QED) is 0.451. The van der Waals surface area contributed by atoms with Crippen LogP contribution in [0.3, 0.4) is 0 Å². The number of methoxy groups -OCH3 is 1. The minimum absolute atomic E-state index is 0.212. The number of aryl methyl sites for hydroxylation is 2. The van der Waals surface area contributed by atoms with Crippen LogP contribution in [0.1, 0.15) is 11.1 Å². The molecule has 2 heterocycles. The highest BCUT2D eigenvalue weighted by molar-refractivity contribution is 6.31. The first-order valence-electron chi connectivity index (χ1n) is 10.1. The lowest BCUT2D eigenvalue weighted by atomic mass is 10.1. The minimum Gasteiger partial charge on any atom is -0.495 e. The van der Waals surface area contributed by atoms with E-state index < -0.39 is 5.91 Å². The van der Waals surface area contributed by atoms with Crippen LogP contribution in [0.25, 0.3) is 22.8 Å². The van der Waals surface area contributed by atoms with Crippen molar-refractivity contribution < 1.29 is 14.1 Å². The number of halogens is 1. The van der Waals surface area contributed by atoms with Gasteiger partial charge in [-0.1, -0.05) is 46.6 Å². The molecule has 0 atom stereocenters. The number of nitrogens with zero attached hydrogens (tertiary/aromatic N) is 3. The van der Waals surface area contributed by atoms with Gasteiger partial charge in [0.05, 0.1) is 18.4 Å². The molecule has 0 saturated carbocycles. The molecule has 0 bridgehead atoms. The Labute approximate surface area is 194 Å². The Morgan fingerprint density at radius 2 is 1.85 bits per heavy atom. The lowest BCUT2D eigenvalue weighted by Gasteiger charge is -2.13. The second kappa shape index (κ2) is 9.30. The Hall–Kier alpha value is -3.91. The molecule has 168 valence electrons. The summed E-state index contributed by atoms with van der Waals surface area (Å²) >= 11 is 6.12. The van der Waals surface area contributed by atoms with Crippen molar-refractivity contribution in [2.45, 2.75) is 20.4 Å². The van der Waals surface area contributed by atoms with Gasteiger partial charge in [0.15, 0.2) is 0 Å². The van der Waals surface area contributed by atoms with Crippen LogP contribution >= 0.6 is 11.6 Å². The van der Waals surface area contributed by atoms with Gasteiger partial charge in [0, 0.05) is 28.9 Å². The Kier molecular flexibility index (Phi) is 6.28. The number of carbonyl (C=O) groups excluding carboxylic acids is 1. The molecule has 4 aromatic rings. The van der Waals surface area contributed by atoms with E-state index in [9.17, 15) is 9.59 Å². The number of hydrogen-bond acceptors (Lipinski definition) is 6. The summed E-state index contributed by atoms with van der Waals surface area (Å²) in [7, 11) is 1.49. The van der Waals surface area contributed by atoms with Crippen molar-refractivity contribution in [2.75, 3.05) is 12.4 Å². The van der Waals surface area contributed by atoms with Crippen molar-refractivity contribution in [3.63, 3.8) is 0 Å². The number of benzene rings is 2. The number of rotatable bonds is 6. The number of pyridine rings is 1. The molecule has 2 aromatic carbocycles. The largest absolute Gasteiger partial charge is 0.495 e. The van der Waals surface area contributed by atoms with E-state index in [1.54, 1.807) is 18.2 Å². The van der Waals surface area contributed by atoms with E-state index in [1.807, 2.05) is 38.1 Å². The highest BCUT2D eigenvalue weighted by Gasteiger charge is 2.15. The maximum absolute atomic E-state index is 12.7. The third-order valence-electron chi connectivity index (χ3n) is 5.04. The highest BCUT2D eigenvalue weighted by Crippen LogP contribution is 2.31. The predicted molar refractivity (Wildman–Crippen MR) is 126 cm³/mol. The van der Waals surface area contributed by atoms with Crippen LogP contribution < -0.4 is 15.6 Å². The smallest absolute Gasteiger partial charge is 0.259 e. The Balaban J connectivity index is 1.55. The van der Waals surface area contributed by atoms with Gasteiger partial charge in [-0.3, -0.25) is 9.59 Å². The van der Waals surface area contributed by atoms with Crippen molar-refractivity contribution in [2.24, 2.45) is 0 Å². The molecule has 0 aliphatic carbocycles. The fourth-order valence-electron chi connectivity index (χ4n) is 3.22. The maximum Gasteiger partial charge on any atom is 0.259 e. The zero-order chi connectivity index (χ0) is 23.5. The van der Waals surface area contributed by atoms with Gasteiger partial charge in [-0.25, -0.2) is 0 Å². The van der Waals surface area contributed by atoms with Crippen LogP contribution in [-0.2, 0) is 11.3 Å². The molecule has 8 nitrogen and oxygen atoms in total. The molecule has 9 heteroatoms. The Morgan fingerprint density at radius 1 is 1.12 bits per heavy atom. The van der Waals surface area contributed by atoms with Gasteiger partial charge in [-0.2, -0.15) is 4.98 Å². The number of aromatic nitrogens is 3. The Bertz CT molecular complexity index is 1380. The average molecular weight is 465 g/mol. The SMILES string of the molecule is COc1cc(Cl)c(C)cc1NC(=O)Cn1cc(-c2nc(-c3ccc(C)cc3)no2)ccc1=O. The highest BCUT2D eigenvalue weighted by atomic mass is 35.5. The van der Waals surface area contributed by atoms with Crippen molar-refractivity contribution in [1.29, 1.82) is 0 Å². The molecule has 0 unspecified atom stereocenters. The van der Waals surface area contributed by atoms with E-state index in [0.29, 0.717) is 27.8 Å². The summed E-state index contributed by atoms with van der Waals surface area (Å²) in [6.07, 6.45) is 1.51. The molecule has 33 heavy (non-hydrogen) atoms. The number of ether oxygens (including phenoxy) is 1. The van der Waals surface area contributed by atoms with E-state index in [1.165, 1.54) is 23.9 Å². The van der Waals surface area contributed by atoms with Crippen LogP contribution in [0.4, 0.5) is 5.69 Å². The van der Waals surface area contributed by atoms with Gasteiger partial charge >= 0.3 is 0 Å². The first kappa shape index (κ1) is 22.3. The summed E-state index contributed by atoms with van der Waals surface area (Å²) in [5.41, 5.74) is 3.37. The molecule has 0 aliphatic rings. The first-order chi connectivity index (χ1) is 15.8. The molecule has 0 aliphatic heterocycles. The van der Waals surface area contributed by atoms with E-state index in [0.717, 1.165) is 16.7 Å². The van der Waals surface area contributed by atoms with Gasteiger partial charge in [-0.05, 0) is 31.5 Å². The summed E-state index contributed by atoms with van der Waals surface area (Å²) in [5, 5.41) is 7.31. The van der Waals surface area contributed by atoms with Gasteiger partial charge < -0.3 is 19.1 Å². The van der Waals surface area contributed by atoms with Crippen molar-refractivity contribution >= 4 is 23.2 Å². The zero-order valence-corrected chi connectivity index (χ0v) is 19.0. The third-order valence-corrected chi connectivity index (χ3v) is 5.44. The maximum atomic E-state index is 12.7. The van der Waals surface area contributed by atoms with Crippen LogP contribution in [0.2, 0.25) is 5.02 Å². The van der Waals surface area contributed by atoms with Crippen LogP contribution in [0.15, 0.2) is 64.0 Å². The number of nitrogens with one attached hydrogen (secondary N) is 1. The predicted octanol–water partition coefficient (Wildman–Crippen LogP) is 4.48. The molecular weight excluding hydrogens is 444 g/mol. The van der Waals surface area contributed by atoms with Gasteiger partial charge in [-0.15, -0.1) is 0 Å². The first-order valence-corrected chi connectivity index (χ1v) is 10.5. The van der Waals surface area contributed by atoms with Crippen LogP contribution in [0, 0.1) is 13.8 Å². The molecular formula is C24H21ClN4O4. The summed E-state index contributed by atoms with van der Waals surface area (Å²) in [6, 6.07) is 14.0. The van der Waals surface area contributed by atoms with E-state index >= 15 is 0 Å². The summed E-state index contributed by atoms with van der Waals surface area (Å²) in [6.45, 7) is 3.60. The second-order valence-corrected chi connectivity index (χ2v) is 7.93. The van der Waals surface area contributed by atoms with Gasteiger partial charge in [0.1, 0.15) is 12.3 Å². The molecule has 0 fully saturated rings. The topological polar surface area (TPSA) is 99.2 Å². The number of anilines is 1. The molecule has 1 N–H and O–H groups in total. The summed E-state index contributed by atoms with van der Waals surface area (Å²) < 4.78 is 11.9. The molecule has 4 rings (SSSR count). The number of amides is 1. The average Bonchev–Trinajstić information content (AvgIpc) is 3.28.